The summed E-state index contributed by atoms with van der Waals surface area (Å²) in [5.41, 5.74) is 3.63. The van der Waals surface area contributed by atoms with Crippen LogP contribution in [0.4, 0.5) is 0 Å². The highest BCUT2D eigenvalue weighted by atomic mass is 16.5. The predicted octanol–water partition coefficient (Wildman–Crippen LogP) is 1.97. The Balaban J connectivity index is 1.59. The standard InChI is InChI=1S/C19H22N2O3/c22-10-9-21(13-15-3-2-8-20-12-15)19(23)14-24-18-7-6-16-4-1-5-17(16)11-18/h2-3,6-8,11-12,22H,1,4-5,9-10,13-14H2. The summed E-state index contributed by atoms with van der Waals surface area (Å²) in [7, 11) is 0. The van der Waals surface area contributed by atoms with Crippen LogP contribution in [0, 0.1) is 0 Å². The van der Waals surface area contributed by atoms with E-state index >= 15 is 0 Å². The molecule has 0 bridgehead atoms. The highest BCUT2D eigenvalue weighted by Gasteiger charge is 2.16. The van der Waals surface area contributed by atoms with Crippen LogP contribution in [0.5, 0.6) is 5.75 Å². The lowest BCUT2D eigenvalue weighted by molar-refractivity contribution is -0.134. The average molecular weight is 326 g/mol. The van der Waals surface area contributed by atoms with Crippen LogP contribution in [0.1, 0.15) is 23.1 Å². The lowest BCUT2D eigenvalue weighted by atomic mass is 10.1. The summed E-state index contributed by atoms with van der Waals surface area (Å²) in [4.78, 5) is 18.1. The fourth-order valence-corrected chi connectivity index (χ4v) is 3.00. The van der Waals surface area contributed by atoms with Gasteiger partial charge in [-0.2, -0.15) is 0 Å². The Bertz CT molecular complexity index is 688. The number of pyridine rings is 1. The van der Waals surface area contributed by atoms with Crippen molar-refractivity contribution >= 4 is 5.91 Å². The van der Waals surface area contributed by atoms with Gasteiger partial charge in [-0.1, -0.05) is 12.1 Å². The number of amides is 1. The first-order chi connectivity index (χ1) is 11.8. The zero-order valence-electron chi connectivity index (χ0n) is 13.6. The van der Waals surface area contributed by atoms with Gasteiger partial charge >= 0.3 is 0 Å². The third kappa shape index (κ3) is 4.11. The van der Waals surface area contributed by atoms with Crippen LogP contribution < -0.4 is 4.74 Å². The van der Waals surface area contributed by atoms with Crippen molar-refractivity contribution in [1.29, 1.82) is 0 Å². The Morgan fingerprint density at radius 3 is 2.92 bits per heavy atom. The van der Waals surface area contributed by atoms with Crippen molar-refractivity contribution < 1.29 is 14.6 Å². The minimum Gasteiger partial charge on any atom is -0.484 e. The number of fused-ring (bicyclic) bond motifs is 1. The van der Waals surface area contributed by atoms with Crippen molar-refractivity contribution in [3.63, 3.8) is 0 Å². The molecule has 126 valence electrons. The molecular formula is C19H22N2O3. The third-order valence-corrected chi connectivity index (χ3v) is 4.25. The van der Waals surface area contributed by atoms with Crippen LogP contribution in [-0.4, -0.2) is 40.7 Å². The summed E-state index contributed by atoms with van der Waals surface area (Å²) in [6.07, 6.45) is 6.81. The van der Waals surface area contributed by atoms with Crippen LogP contribution >= 0.6 is 0 Å². The molecular weight excluding hydrogens is 304 g/mol. The van der Waals surface area contributed by atoms with E-state index in [9.17, 15) is 9.90 Å². The van der Waals surface area contributed by atoms with Crippen molar-refractivity contribution in [2.45, 2.75) is 25.8 Å². The number of aliphatic hydroxyl groups excluding tert-OH is 1. The summed E-state index contributed by atoms with van der Waals surface area (Å²) in [5.74, 6) is 0.586. The molecule has 0 spiro atoms. The van der Waals surface area contributed by atoms with Gasteiger partial charge in [-0.3, -0.25) is 9.78 Å². The summed E-state index contributed by atoms with van der Waals surface area (Å²) >= 11 is 0. The van der Waals surface area contributed by atoms with E-state index < -0.39 is 0 Å². The second-order valence-electron chi connectivity index (χ2n) is 5.97. The zero-order valence-corrected chi connectivity index (χ0v) is 13.6. The van der Waals surface area contributed by atoms with Gasteiger partial charge < -0.3 is 14.7 Å². The van der Waals surface area contributed by atoms with Crippen molar-refractivity contribution in [3.8, 4) is 5.75 Å². The fourth-order valence-electron chi connectivity index (χ4n) is 3.00. The van der Waals surface area contributed by atoms with E-state index in [1.165, 1.54) is 17.5 Å². The molecule has 24 heavy (non-hydrogen) atoms. The Labute approximate surface area is 141 Å². The quantitative estimate of drug-likeness (QED) is 0.845. The number of ether oxygens (including phenoxy) is 1. The topological polar surface area (TPSA) is 62.7 Å². The fraction of sp³-hybridized carbons (Fsp3) is 0.368. The van der Waals surface area contributed by atoms with Gasteiger partial charge in [0.25, 0.3) is 5.91 Å². The first-order valence-electron chi connectivity index (χ1n) is 8.28. The van der Waals surface area contributed by atoms with Crippen LogP contribution in [0.2, 0.25) is 0 Å². The third-order valence-electron chi connectivity index (χ3n) is 4.25. The van der Waals surface area contributed by atoms with Gasteiger partial charge in [-0.25, -0.2) is 0 Å². The van der Waals surface area contributed by atoms with E-state index in [0.29, 0.717) is 6.54 Å². The minimum absolute atomic E-state index is 0.0287. The molecule has 1 aliphatic carbocycles. The number of aromatic nitrogens is 1. The molecule has 0 atom stereocenters. The number of carbonyl (C=O) groups excluding carboxylic acids is 1. The Morgan fingerprint density at radius 1 is 1.25 bits per heavy atom. The van der Waals surface area contributed by atoms with Crippen molar-refractivity contribution in [3.05, 3.63) is 59.4 Å². The van der Waals surface area contributed by atoms with Crippen molar-refractivity contribution in [1.82, 2.24) is 9.88 Å². The summed E-state index contributed by atoms with van der Waals surface area (Å²) in [6, 6.07) is 9.79. The number of aryl methyl sites for hydroxylation is 2. The summed E-state index contributed by atoms with van der Waals surface area (Å²) in [6.45, 7) is 0.589. The monoisotopic (exact) mass is 326 g/mol. The Morgan fingerprint density at radius 2 is 2.12 bits per heavy atom. The number of benzene rings is 1. The maximum absolute atomic E-state index is 12.4. The van der Waals surface area contributed by atoms with Crippen molar-refractivity contribution in [2.75, 3.05) is 19.8 Å². The van der Waals surface area contributed by atoms with Crippen LogP contribution in [0.25, 0.3) is 0 Å². The largest absolute Gasteiger partial charge is 0.484 e. The zero-order chi connectivity index (χ0) is 16.8. The van der Waals surface area contributed by atoms with Crippen LogP contribution in [0.15, 0.2) is 42.7 Å². The first-order valence-corrected chi connectivity index (χ1v) is 8.28. The van der Waals surface area contributed by atoms with E-state index in [0.717, 1.165) is 24.2 Å². The molecule has 5 nitrogen and oxygen atoms in total. The number of carbonyl (C=O) groups is 1. The smallest absolute Gasteiger partial charge is 0.260 e. The average Bonchev–Trinajstić information content (AvgIpc) is 3.08. The van der Waals surface area contributed by atoms with Crippen LogP contribution in [-0.2, 0) is 24.2 Å². The molecule has 1 aromatic heterocycles. The molecule has 1 amide bonds. The molecule has 0 unspecified atom stereocenters. The number of hydrogen-bond donors (Lipinski definition) is 1. The normalized spacial score (nSPS) is 12.7. The minimum atomic E-state index is -0.145. The van der Waals surface area contributed by atoms with Crippen LogP contribution in [0.3, 0.4) is 0 Å². The van der Waals surface area contributed by atoms with Gasteiger partial charge in [0.1, 0.15) is 5.75 Å². The SMILES string of the molecule is O=C(COc1ccc2c(c1)CCC2)N(CCO)Cc1cccnc1. The first kappa shape index (κ1) is 16.5. The lowest BCUT2D eigenvalue weighted by Gasteiger charge is -2.22. The number of aliphatic hydroxyl groups is 1. The molecule has 0 aliphatic heterocycles. The number of nitrogens with zero attached hydrogens (tertiary/aromatic N) is 2. The van der Waals surface area contributed by atoms with Gasteiger partial charge in [0.15, 0.2) is 6.61 Å². The summed E-state index contributed by atoms with van der Waals surface area (Å²) < 4.78 is 5.67. The summed E-state index contributed by atoms with van der Waals surface area (Å²) in [5, 5.41) is 9.20. The molecule has 1 aliphatic rings. The molecule has 1 heterocycles. The Hall–Kier alpha value is -2.40. The van der Waals surface area contributed by atoms with Gasteiger partial charge in [0.2, 0.25) is 0 Å². The molecule has 5 heteroatoms. The molecule has 1 aromatic carbocycles. The second kappa shape index (κ2) is 7.93. The Kier molecular flexibility index (Phi) is 5.43. The van der Waals surface area contributed by atoms with E-state index in [-0.39, 0.29) is 25.7 Å². The van der Waals surface area contributed by atoms with E-state index in [2.05, 4.69) is 11.1 Å². The maximum atomic E-state index is 12.4. The predicted molar refractivity (Wildman–Crippen MR) is 90.7 cm³/mol. The molecule has 0 saturated carbocycles. The van der Waals surface area contributed by atoms with E-state index in [1.807, 2.05) is 24.3 Å². The maximum Gasteiger partial charge on any atom is 0.260 e. The highest BCUT2D eigenvalue weighted by Crippen LogP contribution is 2.26. The van der Waals surface area contributed by atoms with Gasteiger partial charge in [-0.05, 0) is 54.2 Å². The van der Waals surface area contributed by atoms with Gasteiger partial charge in [-0.15, -0.1) is 0 Å². The number of rotatable bonds is 7. The lowest BCUT2D eigenvalue weighted by Crippen LogP contribution is -2.36. The van der Waals surface area contributed by atoms with E-state index in [1.54, 1.807) is 17.3 Å². The molecule has 3 rings (SSSR count). The molecule has 0 fully saturated rings. The van der Waals surface area contributed by atoms with E-state index in [4.69, 9.17) is 4.74 Å². The molecule has 1 N–H and O–H groups in total. The highest BCUT2D eigenvalue weighted by molar-refractivity contribution is 5.77. The molecule has 0 radical (unpaired) electrons. The van der Waals surface area contributed by atoms with Gasteiger partial charge in [0, 0.05) is 25.5 Å². The second-order valence-corrected chi connectivity index (χ2v) is 5.97. The van der Waals surface area contributed by atoms with Crippen molar-refractivity contribution in [2.24, 2.45) is 0 Å². The molecule has 0 saturated heterocycles. The van der Waals surface area contributed by atoms with Gasteiger partial charge in [0.05, 0.1) is 6.61 Å². The molecule has 2 aromatic rings. The number of hydrogen-bond acceptors (Lipinski definition) is 4.